The molecular weight excluding hydrogens is 506 g/mol. The van der Waals surface area contributed by atoms with E-state index in [-0.39, 0.29) is 6.73 Å². The molecule has 2 aromatic heterocycles. The molecule has 2 aromatic rings. The Morgan fingerprint density at radius 3 is 2.46 bits per heavy atom. The lowest BCUT2D eigenvalue weighted by Gasteiger charge is -2.38. The van der Waals surface area contributed by atoms with E-state index >= 15 is 0 Å². The van der Waals surface area contributed by atoms with Crippen molar-refractivity contribution in [2.45, 2.75) is 103 Å². The molecular formula is C29H49N7O2Si. The van der Waals surface area contributed by atoms with Crippen molar-refractivity contribution in [2.24, 2.45) is 0 Å². The van der Waals surface area contributed by atoms with Crippen LogP contribution in [-0.4, -0.2) is 84.4 Å². The molecule has 4 heterocycles. The number of unbranched alkanes of at least 4 members (excludes halogenated alkanes) is 3. The van der Waals surface area contributed by atoms with Crippen molar-refractivity contribution in [3.63, 3.8) is 0 Å². The highest BCUT2D eigenvalue weighted by Gasteiger charge is 2.36. The van der Waals surface area contributed by atoms with Gasteiger partial charge in [0, 0.05) is 45.4 Å². The molecule has 2 atom stereocenters. The van der Waals surface area contributed by atoms with Gasteiger partial charge in [0.05, 0.1) is 6.61 Å². The molecule has 9 nitrogen and oxygen atoms in total. The average Bonchev–Trinajstić information content (AvgIpc) is 3.27. The number of fused-ring (bicyclic) bond motifs is 3. The summed E-state index contributed by atoms with van der Waals surface area (Å²) in [6.07, 6.45) is 8.71. The number of aryl methyl sites for hydroxylation is 1. The SMILES string of the molecule is CCCCOc1nc(N)c2c(n1)c(CCCCCN1CC3CCC(C1)N3C)c(C#N)n2COCC[Si](C)(C)C. The average molecular weight is 556 g/mol. The Morgan fingerprint density at radius 2 is 1.79 bits per heavy atom. The molecule has 2 saturated heterocycles. The summed E-state index contributed by atoms with van der Waals surface area (Å²) in [5.41, 5.74) is 9.39. The standard InChI is InChI=1S/C29H49N7O2Si/c1-6-7-15-38-29-32-26-24(11-9-8-10-14-35-19-22-12-13-23(20-35)34(22)2)25(18-30)36(27(26)28(31)33-29)21-37-16-17-39(3,4)5/h22-23H,6-17,19-21H2,1-5H3,(H2,31,32,33). The molecule has 0 spiro atoms. The smallest absolute Gasteiger partial charge is 0.319 e. The van der Waals surface area contributed by atoms with E-state index in [0.29, 0.717) is 36.3 Å². The van der Waals surface area contributed by atoms with Crippen LogP contribution in [0.3, 0.4) is 0 Å². The van der Waals surface area contributed by atoms with Gasteiger partial charge in [-0.25, -0.2) is 0 Å². The van der Waals surface area contributed by atoms with Crippen LogP contribution in [0.25, 0.3) is 11.0 Å². The zero-order chi connectivity index (χ0) is 28.0. The number of rotatable bonds is 15. The number of piperazine rings is 1. The molecule has 0 aromatic carbocycles. The lowest BCUT2D eigenvalue weighted by Crippen LogP contribution is -2.51. The maximum atomic E-state index is 10.2. The minimum Gasteiger partial charge on any atom is -0.463 e. The number of nitriles is 1. The number of hydrogen-bond acceptors (Lipinski definition) is 8. The van der Waals surface area contributed by atoms with Gasteiger partial charge in [-0.15, -0.1) is 0 Å². The van der Waals surface area contributed by atoms with Gasteiger partial charge in [-0.3, -0.25) is 4.90 Å². The first kappa shape index (κ1) is 29.8. The van der Waals surface area contributed by atoms with Gasteiger partial charge in [0.25, 0.3) is 0 Å². The molecule has 2 fully saturated rings. The number of likely N-dealkylation sites (N-methyl/N-ethyl adjacent to an activating group) is 1. The van der Waals surface area contributed by atoms with Crippen molar-refractivity contribution >= 4 is 24.9 Å². The van der Waals surface area contributed by atoms with E-state index < -0.39 is 8.07 Å². The number of nitrogens with zero attached hydrogens (tertiary/aromatic N) is 6. The molecule has 2 unspecified atom stereocenters. The van der Waals surface area contributed by atoms with Crippen LogP contribution in [-0.2, 0) is 17.9 Å². The van der Waals surface area contributed by atoms with Gasteiger partial charge in [-0.05, 0) is 58.2 Å². The Kier molecular flexibility index (Phi) is 10.3. The second kappa shape index (κ2) is 13.4. The van der Waals surface area contributed by atoms with E-state index in [9.17, 15) is 5.26 Å². The number of aromatic nitrogens is 3. The van der Waals surface area contributed by atoms with Crippen LogP contribution >= 0.6 is 0 Å². The second-order valence-corrected chi connectivity index (χ2v) is 18.2. The van der Waals surface area contributed by atoms with Crippen molar-refractivity contribution in [3.05, 3.63) is 11.3 Å². The van der Waals surface area contributed by atoms with Crippen LogP contribution in [0.15, 0.2) is 0 Å². The summed E-state index contributed by atoms with van der Waals surface area (Å²) in [5, 5.41) is 10.2. The zero-order valence-corrected chi connectivity index (χ0v) is 25.8. The summed E-state index contributed by atoms with van der Waals surface area (Å²) in [5.74, 6) is 0.341. The molecule has 10 heteroatoms. The topological polar surface area (TPSA) is 105 Å². The number of nitrogens with two attached hydrogens (primary N) is 1. The fraction of sp³-hybridized carbons (Fsp3) is 0.759. The predicted molar refractivity (Wildman–Crippen MR) is 160 cm³/mol. The third kappa shape index (κ3) is 7.51. The van der Waals surface area contributed by atoms with E-state index in [1.165, 1.54) is 32.4 Å². The minimum atomic E-state index is -1.22. The van der Waals surface area contributed by atoms with Gasteiger partial charge in [-0.1, -0.05) is 39.4 Å². The maximum Gasteiger partial charge on any atom is 0.319 e. The summed E-state index contributed by atoms with van der Waals surface area (Å²) >= 11 is 0. The van der Waals surface area contributed by atoms with E-state index in [1.807, 2.05) is 4.57 Å². The van der Waals surface area contributed by atoms with Crippen LogP contribution in [0, 0.1) is 11.3 Å². The Morgan fingerprint density at radius 1 is 1.05 bits per heavy atom. The molecule has 0 aliphatic carbocycles. The number of likely N-dealkylation sites (tertiary alicyclic amines) is 1. The highest BCUT2D eigenvalue weighted by molar-refractivity contribution is 6.76. The van der Waals surface area contributed by atoms with Crippen molar-refractivity contribution < 1.29 is 9.47 Å². The van der Waals surface area contributed by atoms with Crippen LogP contribution in [0.2, 0.25) is 25.7 Å². The highest BCUT2D eigenvalue weighted by atomic mass is 28.3. The number of ether oxygens (including phenoxy) is 2. The first-order valence-electron chi connectivity index (χ1n) is 14.9. The summed E-state index contributed by atoms with van der Waals surface area (Å²) in [4.78, 5) is 14.4. The maximum absolute atomic E-state index is 10.2. The minimum absolute atomic E-state index is 0.277. The normalized spacial score (nSPS) is 20.1. The molecule has 0 saturated carbocycles. The largest absolute Gasteiger partial charge is 0.463 e. The van der Waals surface area contributed by atoms with Crippen molar-refractivity contribution in [2.75, 3.05) is 45.6 Å². The Bertz CT molecular complexity index is 1130. The third-order valence-electron chi connectivity index (χ3n) is 8.38. The van der Waals surface area contributed by atoms with Crippen molar-refractivity contribution in [1.82, 2.24) is 24.3 Å². The lowest BCUT2D eigenvalue weighted by atomic mass is 10.1. The Balaban J connectivity index is 1.45. The fourth-order valence-corrected chi connectivity index (χ4v) is 6.67. The second-order valence-electron chi connectivity index (χ2n) is 12.6. The molecule has 39 heavy (non-hydrogen) atoms. The summed E-state index contributed by atoms with van der Waals surface area (Å²) in [6.45, 7) is 14.2. The number of hydrogen-bond donors (Lipinski definition) is 1. The molecule has 2 bridgehead atoms. The van der Waals surface area contributed by atoms with E-state index in [2.05, 4.69) is 54.5 Å². The molecule has 4 rings (SSSR count). The zero-order valence-electron chi connectivity index (χ0n) is 24.8. The van der Waals surface area contributed by atoms with Gasteiger partial charge in [-0.2, -0.15) is 15.2 Å². The highest BCUT2D eigenvalue weighted by Crippen LogP contribution is 2.32. The van der Waals surface area contributed by atoms with Gasteiger partial charge in [0.15, 0.2) is 5.82 Å². The molecule has 0 radical (unpaired) electrons. The summed E-state index contributed by atoms with van der Waals surface area (Å²) < 4.78 is 13.8. The van der Waals surface area contributed by atoms with Gasteiger partial charge >= 0.3 is 6.01 Å². The van der Waals surface area contributed by atoms with Crippen molar-refractivity contribution in [1.29, 1.82) is 5.26 Å². The summed E-state index contributed by atoms with van der Waals surface area (Å²) in [6, 6.07) is 5.27. The van der Waals surface area contributed by atoms with E-state index in [4.69, 9.17) is 20.2 Å². The summed E-state index contributed by atoms with van der Waals surface area (Å²) in [7, 11) is 1.07. The van der Waals surface area contributed by atoms with Gasteiger partial charge < -0.3 is 24.7 Å². The van der Waals surface area contributed by atoms with Crippen LogP contribution in [0.5, 0.6) is 6.01 Å². The Hall–Kier alpha value is -2.19. The molecule has 2 aliphatic heterocycles. The predicted octanol–water partition coefficient (Wildman–Crippen LogP) is 4.87. The van der Waals surface area contributed by atoms with Crippen LogP contribution in [0.4, 0.5) is 5.82 Å². The monoisotopic (exact) mass is 555 g/mol. The third-order valence-corrected chi connectivity index (χ3v) is 10.1. The van der Waals surface area contributed by atoms with Gasteiger partial charge in [0.1, 0.15) is 29.5 Å². The lowest BCUT2D eigenvalue weighted by molar-refractivity contribution is 0.0874. The molecule has 2 aliphatic rings. The van der Waals surface area contributed by atoms with Crippen LogP contribution < -0.4 is 10.5 Å². The fourth-order valence-electron chi connectivity index (χ4n) is 5.91. The van der Waals surface area contributed by atoms with Gasteiger partial charge in [0.2, 0.25) is 0 Å². The molecule has 2 N–H and O–H groups in total. The van der Waals surface area contributed by atoms with E-state index in [0.717, 1.165) is 67.9 Å². The van der Waals surface area contributed by atoms with Crippen molar-refractivity contribution in [3.8, 4) is 12.1 Å². The van der Waals surface area contributed by atoms with Crippen LogP contribution in [0.1, 0.15) is 63.1 Å². The molecule has 216 valence electrons. The molecule has 0 amide bonds. The first-order chi connectivity index (χ1) is 18.7. The number of anilines is 1. The van der Waals surface area contributed by atoms with E-state index in [1.54, 1.807) is 0 Å². The first-order valence-corrected chi connectivity index (χ1v) is 18.7. The Labute approximate surface area is 235 Å². The number of nitrogen functional groups attached to an aromatic ring is 1. The quantitative estimate of drug-likeness (QED) is 0.245.